The number of hydrogen-bond acceptors (Lipinski definition) is 3. The molecule has 1 heterocycles. The van der Waals surface area contributed by atoms with Gasteiger partial charge in [-0.05, 0) is 37.0 Å². The summed E-state index contributed by atoms with van der Waals surface area (Å²) in [6, 6.07) is 7.04. The van der Waals surface area contributed by atoms with Crippen LogP contribution in [0.1, 0.15) is 29.2 Å². The smallest absolute Gasteiger partial charge is 0.0449 e. The van der Waals surface area contributed by atoms with Crippen LogP contribution in [0.5, 0.6) is 0 Å². The minimum atomic E-state index is 0.252. The standard InChI is InChI=1S/C15H24N2O/c1-12-3-4-14(11-13(12)2)15(5-10-18)17-8-6-16-7-9-17/h3-4,11,15-16,18H,5-10H2,1-2H3. The van der Waals surface area contributed by atoms with Crippen molar-refractivity contribution in [3.05, 3.63) is 34.9 Å². The summed E-state index contributed by atoms with van der Waals surface area (Å²) in [7, 11) is 0. The first-order valence-electron chi connectivity index (χ1n) is 6.85. The van der Waals surface area contributed by atoms with Crippen molar-refractivity contribution in [3.63, 3.8) is 0 Å². The van der Waals surface area contributed by atoms with Crippen LogP contribution in [-0.2, 0) is 0 Å². The van der Waals surface area contributed by atoms with Crippen LogP contribution in [0.25, 0.3) is 0 Å². The zero-order chi connectivity index (χ0) is 13.0. The third-order valence-electron chi connectivity index (χ3n) is 3.91. The first kappa shape index (κ1) is 13.5. The normalized spacial score (nSPS) is 18.8. The molecule has 3 heteroatoms. The summed E-state index contributed by atoms with van der Waals surface area (Å²) in [6.07, 6.45) is 0.822. The van der Waals surface area contributed by atoms with E-state index in [0.717, 1.165) is 32.6 Å². The van der Waals surface area contributed by atoms with Gasteiger partial charge in [0.25, 0.3) is 0 Å². The topological polar surface area (TPSA) is 35.5 Å². The molecule has 1 aromatic carbocycles. The van der Waals surface area contributed by atoms with E-state index in [1.165, 1.54) is 16.7 Å². The van der Waals surface area contributed by atoms with Crippen LogP contribution in [0.3, 0.4) is 0 Å². The van der Waals surface area contributed by atoms with Crippen molar-refractivity contribution in [2.24, 2.45) is 0 Å². The van der Waals surface area contributed by atoms with E-state index in [2.05, 4.69) is 42.3 Å². The van der Waals surface area contributed by atoms with Crippen molar-refractivity contribution in [2.75, 3.05) is 32.8 Å². The number of nitrogens with one attached hydrogen (secondary N) is 1. The minimum Gasteiger partial charge on any atom is -0.396 e. The number of benzene rings is 1. The predicted octanol–water partition coefficient (Wildman–Crippen LogP) is 1.63. The molecule has 3 nitrogen and oxygen atoms in total. The third kappa shape index (κ3) is 3.10. The van der Waals surface area contributed by atoms with Gasteiger partial charge < -0.3 is 10.4 Å². The van der Waals surface area contributed by atoms with Gasteiger partial charge in [0, 0.05) is 38.8 Å². The Bertz CT molecular complexity index is 386. The highest BCUT2D eigenvalue weighted by atomic mass is 16.3. The number of rotatable bonds is 4. The van der Waals surface area contributed by atoms with E-state index in [9.17, 15) is 5.11 Å². The number of aryl methyl sites for hydroxylation is 2. The molecule has 0 aliphatic carbocycles. The highest BCUT2D eigenvalue weighted by Gasteiger charge is 2.21. The van der Waals surface area contributed by atoms with E-state index >= 15 is 0 Å². The van der Waals surface area contributed by atoms with Gasteiger partial charge in [-0.2, -0.15) is 0 Å². The lowest BCUT2D eigenvalue weighted by atomic mass is 9.97. The Kier molecular flexibility index (Phi) is 4.75. The fourth-order valence-electron chi connectivity index (χ4n) is 2.65. The van der Waals surface area contributed by atoms with Crippen LogP contribution in [0.4, 0.5) is 0 Å². The van der Waals surface area contributed by atoms with E-state index in [4.69, 9.17) is 0 Å². The Hall–Kier alpha value is -0.900. The van der Waals surface area contributed by atoms with E-state index in [-0.39, 0.29) is 6.61 Å². The summed E-state index contributed by atoms with van der Waals surface area (Å²) in [5.41, 5.74) is 4.02. The van der Waals surface area contributed by atoms with Crippen molar-refractivity contribution < 1.29 is 5.11 Å². The maximum Gasteiger partial charge on any atom is 0.0449 e. The van der Waals surface area contributed by atoms with E-state index in [0.29, 0.717) is 6.04 Å². The molecule has 100 valence electrons. The maximum atomic E-state index is 9.31. The lowest BCUT2D eigenvalue weighted by molar-refractivity contribution is 0.141. The second-order valence-electron chi connectivity index (χ2n) is 5.16. The highest BCUT2D eigenvalue weighted by molar-refractivity contribution is 5.31. The van der Waals surface area contributed by atoms with Crippen LogP contribution >= 0.6 is 0 Å². The first-order chi connectivity index (χ1) is 8.72. The number of nitrogens with zero attached hydrogens (tertiary/aromatic N) is 1. The molecule has 18 heavy (non-hydrogen) atoms. The van der Waals surface area contributed by atoms with Gasteiger partial charge >= 0.3 is 0 Å². The molecule has 0 saturated carbocycles. The Morgan fingerprint density at radius 2 is 1.94 bits per heavy atom. The van der Waals surface area contributed by atoms with Gasteiger partial charge in [0.05, 0.1) is 0 Å². The second-order valence-corrected chi connectivity index (χ2v) is 5.16. The number of piperazine rings is 1. The van der Waals surface area contributed by atoms with Gasteiger partial charge in [-0.15, -0.1) is 0 Å². The molecular weight excluding hydrogens is 224 g/mol. The zero-order valence-corrected chi connectivity index (χ0v) is 11.4. The Morgan fingerprint density at radius 3 is 2.56 bits per heavy atom. The van der Waals surface area contributed by atoms with Crippen LogP contribution in [0, 0.1) is 13.8 Å². The first-order valence-corrected chi connectivity index (χ1v) is 6.85. The summed E-state index contributed by atoms with van der Waals surface area (Å²) in [4.78, 5) is 2.48. The molecule has 0 spiro atoms. The quantitative estimate of drug-likeness (QED) is 0.850. The van der Waals surface area contributed by atoms with Gasteiger partial charge in [-0.1, -0.05) is 18.2 Å². The monoisotopic (exact) mass is 248 g/mol. The molecule has 0 bridgehead atoms. The molecule has 1 unspecified atom stereocenters. The van der Waals surface area contributed by atoms with Crippen LogP contribution < -0.4 is 5.32 Å². The minimum absolute atomic E-state index is 0.252. The molecule has 1 aliphatic heterocycles. The van der Waals surface area contributed by atoms with Gasteiger partial charge in [0.15, 0.2) is 0 Å². The fraction of sp³-hybridized carbons (Fsp3) is 0.600. The lowest BCUT2D eigenvalue weighted by Gasteiger charge is -2.35. The van der Waals surface area contributed by atoms with E-state index in [1.54, 1.807) is 0 Å². The average Bonchev–Trinajstić information content (AvgIpc) is 2.40. The Labute approximate surface area is 110 Å². The van der Waals surface area contributed by atoms with Crippen LogP contribution in [-0.4, -0.2) is 42.8 Å². The summed E-state index contributed by atoms with van der Waals surface area (Å²) < 4.78 is 0. The van der Waals surface area contributed by atoms with Crippen molar-refractivity contribution in [3.8, 4) is 0 Å². The molecule has 0 aromatic heterocycles. The van der Waals surface area contributed by atoms with Gasteiger partial charge in [0.2, 0.25) is 0 Å². The Morgan fingerprint density at radius 1 is 1.22 bits per heavy atom. The molecule has 1 aromatic rings. The molecule has 1 aliphatic rings. The van der Waals surface area contributed by atoms with Crippen molar-refractivity contribution >= 4 is 0 Å². The van der Waals surface area contributed by atoms with E-state index in [1.807, 2.05) is 0 Å². The Balaban J connectivity index is 2.19. The van der Waals surface area contributed by atoms with Gasteiger partial charge in [-0.25, -0.2) is 0 Å². The van der Waals surface area contributed by atoms with Crippen molar-refractivity contribution in [1.82, 2.24) is 10.2 Å². The van der Waals surface area contributed by atoms with Crippen molar-refractivity contribution in [2.45, 2.75) is 26.3 Å². The number of aliphatic hydroxyl groups excluding tert-OH is 1. The molecule has 1 fully saturated rings. The molecule has 0 radical (unpaired) electrons. The fourth-order valence-corrected chi connectivity index (χ4v) is 2.65. The van der Waals surface area contributed by atoms with Gasteiger partial charge in [-0.3, -0.25) is 4.90 Å². The molecule has 0 amide bonds. The molecular formula is C15H24N2O. The molecule has 2 N–H and O–H groups in total. The summed E-state index contributed by atoms with van der Waals surface area (Å²) >= 11 is 0. The SMILES string of the molecule is Cc1ccc(C(CCO)N2CCNCC2)cc1C. The van der Waals surface area contributed by atoms with Crippen molar-refractivity contribution in [1.29, 1.82) is 0 Å². The summed E-state index contributed by atoms with van der Waals surface area (Å²) in [5, 5.41) is 12.7. The predicted molar refractivity (Wildman–Crippen MR) is 74.8 cm³/mol. The average molecular weight is 248 g/mol. The maximum absolute atomic E-state index is 9.31. The highest BCUT2D eigenvalue weighted by Crippen LogP contribution is 2.26. The number of aliphatic hydroxyl groups is 1. The molecule has 1 saturated heterocycles. The van der Waals surface area contributed by atoms with Crippen LogP contribution in [0.2, 0.25) is 0 Å². The van der Waals surface area contributed by atoms with E-state index < -0.39 is 0 Å². The van der Waals surface area contributed by atoms with Crippen LogP contribution in [0.15, 0.2) is 18.2 Å². The second kappa shape index (κ2) is 6.32. The number of hydrogen-bond donors (Lipinski definition) is 2. The van der Waals surface area contributed by atoms with Gasteiger partial charge in [0.1, 0.15) is 0 Å². The molecule has 1 atom stereocenters. The largest absolute Gasteiger partial charge is 0.396 e. The zero-order valence-electron chi connectivity index (χ0n) is 11.4. The molecule has 2 rings (SSSR count). The summed E-state index contributed by atoms with van der Waals surface area (Å²) in [5.74, 6) is 0. The summed E-state index contributed by atoms with van der Waals surface area (Å²) in [6.45, 7) is 8.79. The lowest BCUT2D eigenvalue weighted by Crippen LogP contribution is -2.45. The third-order valence-corrected chi connectivity index (χ3v) is 3.91.